The summed E-state index contributed by atoms with van der Waals surface area (Å²) in [6, 6.07) is 16.9. The number of amides is 2. The van der Waals surface area contributed by atoms with Crippen LogP contribution in [0.2, 0.25) is 0 Å². The molecule has 26 heavy (non-hydrogen) atoms. The largest absolute Gasteiger partial charge is 0.467 e. The Morgan fingerprint density at radius 3 is 2.19 bits per heavy atom. The first-order chi connectivity index (χ1) is 12.6. The van der Waals surface area contributed by atoms with Gasteiger partial charge in [0.2, 0.25) is 11.8 Å². The molecule has 2 amide bonds. The Morgan fingerprint density at radius 2 is 1.58 bits per heavy atom. The lowest BCUT2D eigenvalue weighted by Crippen LogP contribution is -2.36. The molecule has 3 atom stereocenters. The SMILES string of the molecule is COC(=O)[C@@H]1N=C(c2ccccc2)[C@H]2C(=O)N(c3ccccc3)C(=O)[C@H]21. The number of ether oxygens (including phenoxy) is 1. The van der Waals surface area contributed by atoms with Gasteiger partial charge >= 0.3 is 5.97 Å². The summed E-state index contributed by atoms with van der Waals surface area (Å²) in [7, 11) is 1.25. The highest BCUT2D eigenvalue weighted by molar-refractivity contribution is 6.33. The van der Waals surface area contributed by atoms with E-state index < -0.39 is 29.8 Å². The van der Waals surface area contributed by atoms with Crippen LogP contribution >= 0.6 is 0 Å². The number of fused-ring (bicyclic) bond motifs is 1. The highest BCUT2D eigenvalue weighted by Crippen LogP contribution is 2.41. The molecule has 6 nitrogen and oxygen atoms in total. The summed E-state index contributed by atoms with van der Waals surface area (Å²) in [5.74, 6) is -3.04. The van der Waals surface area contributed by atoms with Gasteiger partial charge in [-0.15, -0.1) is 0 Å². The van der Waals surface area contributed by atoms with Crippen LogP contribution in [0.4, 0.5) is 5.69 Å². The van der Waals surface area contributed by atoms with Crippen LogP contribution in [0.15, 0.2) is 65.7 Å². The molecule has 0 bridgehead atoms. The lowest BCUT2D eigenvalue weighted by atomic mass is 9.86. The monoisotopic (exact) mass is 348 g/mol. The van der Waals surface area contributed by atoms with Gasteiger partial charge in [-0.2, -0.15) is 0 Å². The molecule has 1 fully saturated rings. The number of nitrogens with zero attached hydrogens (tertiary/aromatic N) is 2. The third-order valence-electron chi connectivity index (χ3n) is 4.79. The van der Waals surface area contributed by atoms with Gasteiger partial charge in [0.05, 0.1) is 30.3 Å². The Kier molecular flexibility index (Phi) is 3.88. The minimum atomic E-state index is -1.01. The number of para-hydroxylation sites is 1. The highest BCUT2D eigenvalue weighted by atomic mass is 16.5. The summed E-state index contributed by atoms with van der Waals surface area (Å²) in [6.07, 6.45) is 0. The molecular weight excluding hydrogens is 332 g/mol. The van der Waals surface area contributed by atoms with Gasteiger partial charge in [0.15, 0.2) is 6.04 Å². The number of hydrogen-bond acceptors (Lipinski definition) is 5. The van der Waals surface area contributed by atoms with Gasteiger partial charge in [0.1, 0.15) is 0 Å². The average Bonchev–Trinajstić information content (AvgIpc) is 3.20. The second-order valence-electron chi connectivity index (χ2n) is 6.20. The van der Waals surface area contributed by atoms with Gasteiger partial charge in [-0.3, -0.25) is 14.6 Å². The number of hydrogen-bond donors (Lipinski definition) is 0. The third-order valence-corrected chi connectivity index (χ3v) is 4.79. The van der Waals surface area contributed by atoms with E-state index in [0.717, 1.165) is 10.5 Å². The van der Waals surface area contributed by atoms with Crippen LogP contribution in [0.1, 0.15) is 5.56 Å². The van der Waals surface area contributed by atoms with Crippen LogP contribution < -0.4 is 4.90 Å². The molecule has 2 aromatic rings. The van der Waals surface area contributed by atoms with Crippen LogP contribution in [-0.2, 0) is 19.1 Å². The van der Waals surface area contributed by atoms with E-state index >= 15 is 0 Å². The fourth-order valence-electron chi connectivity index (χ4n) is 3.62. The summed E-state index contributed by atoms with van der Waals surface area (Å²) in [6.45, 7) is 0. The van der Waals surface area contributed by atoms with E-state index in [-0.39, 0.29) is 5.91 Å². The van der Waals surface area contributed by atoms with E-state index in [1.54, 1.807) is 24.3 Å². The van der Waals surface area contributed by atoms with Crippen molar-refractivity contribution in [2.24, 2.45) is 16.8 Å². The zero-order valence-electron chi connectivity index (χ0n) is 14.0. The van der Waals surface area contributed by atoms with Crippen molar-refractivity contribution in [2.45, 2.75) is 6.04 Å². The molecule has 2 heterocycles. The smallest absolute Gasteiger partial charge is 0.331 e. The van der Waals surface area contributed by atoms with E-state index in [2.05, 4.69) is 4.99 Å². The number of aliphatic imine (C=N–C) groups is 1. The average molecular weight is 348 g/mol. The van der Waals surface area contributed by atoms with Crippen molar-refractivity contribution >= 4 is 29.2 Å². The first kappa shape index (κ1) is 16.2. The molecule has 0 spiro atoms. The fourth-order valence-corrected chi connectivity index (χ4v) is 3.62. The maximum absolute atomic E-state index is 13.1. The van der Waals surface area contributed by atoms with Crippen LogP contribution in [0, 0.1) is 11.8 Å². The van der Waals surface area contributed by atoms with Gasteiger partial charge in [0.25, 0.3) is 0 Å². The van der Waals surface area contributed by atoms with Crippen molar-refractivity contribution in [3.8, 4) is 0 Å². The first-order valence-corrected chi connectivity index (χ1v) is 8.27. The Morgan fingerprint density at radius 1 is 0.962 bits per heavy atom. The van der Waals surface area contributed by atoms with E-state index in [4.69, 9.17) is 4.74 Å². The van der Waals surface area contributed by atoms with Crippen LogP contribution in [0.5, 0.6) is 0 Å². The van der Waals surface area contributed by atoms with Crippen molar-refractivity contribution in [1.29, 1.82) is 0 Å². The van der Waals surface area contributed by atoms with E-state index in [1.807, 2.05) is 36.4 Å². The van der Waals surface area contributed by atoms with Gasteiger partial charge in [-0.1, -0.05) is 48.5 Å². The minimum absolute atomic E-state index is 0.361. The maximum atomic E-state index is 13.1. The third kappa shape index (κ3) is 2.34. The van der Waals surface area contributed by atoms with Crippen molar-refractivity contribution in [1.82, 2.24) is 0 Å². The molecule has 6 heteroatoms. The minimum Gasteiger partial charge on any atom is -0.467 e. The molecule has 2 aromatic carbocycles. The summed E-state index contributed by atoms with van der Waals surface area (Å²) < 4.78 is 4.82. The molecule has 0 unspecified atom stereocenters. The van der Waals surface area contributed by atoms with Gasteiger partial charge < -0.3 is 4.74 Å². The molecule has 0 radical (unpaired) electrons. The molecule has 2 aliphatic heterocycles. The summed E-state index contributed by atoms with van der Waals surface area (Å²) in [5, 5.41) is 0. The molecular formula is C20H16N2O4. The van der Waals surface area contributed by atoms with Crippen molar-refractivity contribution < 1.29 is 19.1 Å². The molecule has 4 rings (SSSR count). The molecule has 0 aliphatic carbocycles. The Bertz CT molecular complexity index is 908. The Labute approximate surface area is 150 Å². The summed E-state index contributed by atoms with van der Waals surface area (Å²) in [5.41, 5.74) is 1.68. The molecule has 0 N–H and O–H groups in total. The number of benzene rings is 2. The van der Waals surface area contributed by atoms with Crippen molar-refractivity contribution in [3.05, 3.63) is 66.2 Å². The zero-order chi connectivity index (χ0) is 18.3. The number of carbonyl (C=O) groups excluding carboxylic acids is 3. The number of imide groups is 1. The van der Waals surface area contributed by atoms with E-state index in [9.17, 15) is 14.4 Å². The van der Waals surface area contributed by atoms with Crippen LogP contribution in [0.25, 0.3) is 0 Å². The number of methoxy groups -OCH3 is 1. The number of rotatable bonds is 3. The number of esters is 1. The van der Waals surface area contributed by atoms with E-state index in [1.165, 1.54) is 7.11 Å². The molecule has 2 aliphatic rings. The molecule has 1 saturated heterocycles. The first-order valence-electron chi connectivity index (χ1n) is 8.27. The van der Waals surface area contributed by atoms with Gasteiger partial charge in [-0.05, 0) is 17.7 Å². The molecule has 130 valence electrons. The van der Waals surface area contributed by atoms with Crippen LogP contribution in [-0.4, -0.2) is 36.6 Å². The number of anilines is 1. The molecule has 0 saturated carbocycles. The fraction of sp³-hybridized carbons (Fsp3) is 0.200. The predicted octanol–water partition coefficient (Wildman–Crippen LogP) is 1.84. The van der Waals surface area contributed by atoms with E-state index in [0.29, 0.717) is 11.4 Å². The Hall–Kier alpha value is -3.28. The molecule has 0 aromatic heterocycles. The van der Waals surface area contributed by atoms with Crippen molar-refractivity contribution in [2.75, 3.05) is 12.0 Å². The van der Waals surface area contributed by atoms with Gasteiger partial charge in [0, 0.05) is 0 Å². The summed E-state index contributed by atoms with van der Waals surface area (Å²) >= 11 is 0. The highest BCUT2D eigenvalue weighted by Gasteiger charge is 2.59. The Balaban J connectivity index is 1.81. The zero-order valence-corrected chi connectivity index (χ0v) is 14.0. The lowest BCUT2D eigenvalue weighted by molar-refractivity contribution is -0.145. The van der Waals surface area contributed by atoms with Crippen molar-refractivity contribution in [3.63, 3.8) is 0 Å². The van der Waals surface area contributed by atoms with Gasteiger partial charge in [-0.25, -0.2) is 9.69 Å². The second-order valence-corrected chi connectivity index (χ2v) is 6.20. The van der Waals surface area contributed by atoms with Crippen LogP contribution in [0.3, 0.4) is 0 Å². The normalized spacial score (nSPS) is 24.4. The lowest BCUT2D eigenvalue weighted by Gasteiger charge is -2.17. The summed E-state index contributed by atoms with van der Waals surface area (Å²) in [4.78, 5) is 43.9. The number of carbonyl (C=O) groups is 3. The topological polar surface area (TPSA) is 76.0 Å². The predicted molar refractivity (Wildman–Crippen MR) is 94.7 cm³/mol. The maximum Gasteiger partial charge on any atom is 0.331 e. The second kappa shape index (κ2) is 6.22. The standard InChI is InChI=1S/C20H16N2O4/c1-26-20(25)17-15-14(16(21-17)12-8-4-2-5-9-12)18(23)22(19(15)24)13-10-6-3-7-11-13/h2-11,14-15,17H,1H3/t14-,15+,17+/m0/s1. The quantitative estimate of drug-likeness (QED) is 0.626.